The van der Waals surface area contributed by atoms with Crippen LogP contribution < -0.4 is 10.2 Å². The monoisotopic (exact) mass is 388 g/mol. The summed E-state index contributed by atoms with van der Waals surface area (Å²) in [7, 11) is 0. The summed E-state index contributed by atoms with van der Waals surface area (Å²) in [5, 5.41) is 30.7. The zero-order valence-electron chi connectivity index (χ0n) is 14.9. The SMILES string of the molecule is O=C(COC(=O)c1cc(O)c(O)c(O)c1)Nc1ccc(N2CCOCC2)cc1. The van der Waals surface area contributed by atoms with Crippen molar-refractivity contribution in [2.24, 2.45) is 0 Å². The Morgan fingerprint density at radius 1 is 1.04 bits per heavy atom. The van der Waals surface area contributed by atoms with Gasteiger partial charge in [0.2, 0.25) is 0 Å². The van der Waals surface area contributed by atoms with Gasteiger partial charge in [-0.25, -0.2) is 4.79 Å². The number of rotatable bonds is 5. The van der Waals surface area contributed by atoms with Crippen molar-refractivity contribution in [3.63, 3.8) is 0 Å². The number of ether oxygens (including phenoxy) is 2. The Hall–Kier alpha value is -3.46. The van der Waals surface area contributed by atoms with Gasteiger partial charge in [0, 0.05) is 24.5 Å². The third-order valence-electron chi connectivity index (χ3n) is 4.17. The number of phenols is 3. The molecule has 0 aromatic heterocycles. The molecule has 2 aromatic rings. The van der Waals surface area contributed by atoms with Crippen LogP contribution in [0.5, 0.6) is 17.2 Å². The zero-order valence-corrected chi connectivity index (χ0v) is 14.9. The Bertz CT molecular complexity index is 838. The van der Waals surface area contributed by atoms with E-state index in [2.05, 4.69) is 10.2 Å². The first-order chi connectivity index (χ1) is 13.4. The van der Waals surface area contributed by atoms with E-state index in [1.807, 2.05) is 12.1 Å². The molecule has 28 heavy (non-hydrogen) atoms. The van der Waals surface area contributed by atoms with Crippen LogP contribution in [0.15, 0.2) is 36.4 Å². The molecule has 0 unspecified atom stereocenters. The van der Waals surface area contributed by atoms with Gasteiger partial charge in [0.1, 0.15) is 0 Å². The quantitative estimate of drug-likeness (QED) is 0.447. The van der Waals surface area contributed by atoms with Gasteiger partial charge in [0.25, 0.3) is 5.91 Å². The number of morpholine rings is 1. The lowest BCUT2D eigenvalue weighted by molar-refractivity contribution is -0.119. The Kier molecular flexibility index (Phi) is 5.85. The van der Waals surface area contributed by atoms with Gasteiger partial charge in [-0.2, -0.15) is 0 Å². The van der Waals surface area contributed by atoms with Crippen molar-refractivity contribution >= 4 is 23.3 Å². The molecule has 1 fully saturated rings. The number of anilines is 2. The van der Waals surface area contributed by atoms with E-state index in [9.17, 15) is 24.9 Å². The molecule has 0 bridgehead atoms. The summed E-state index contributed by atoms with van der Waals surface area (Å²) in [5.74, 6) is -3.55. The van der Waals surface area contributed by atoms with Crippen LogP contribution in [-0.2, 0) is 14.3 Å². The molecule has 2 aromatic carbocycles. The van der Waals surface area contributed by atoms with Crippen LogP contribution in [0.25, 0.3) is 0 Å². The van der Waals surface area contributed by atoms with Crippen LogP contribution in [0.1, 0.15) is 10.4 Å². The van der Waals surface area contributed by atoms with E-state index in [1.54, 1.807) is 12.1 Å². The number of aromatic hydroxyl groups is 3. The number of hydrogen-bond donors (Lipinski definition) is 4. The number of carbonyl (C=O) groups is 2. The molecule has 1 heterocycles. The third-order valence-corrected chi connectivity index (χ3v) is 4.17. The van der Waals surface area contributed by atoms with E-state index in [1.165, 1.54) is 0 Å². The van der Waals surface area contributed by atoms with Crippen LogP contribution in [0, 0.1) is 0 Å². The lowest BCUT2D eigenvalue weighted by Crippen LogP contribution is -2.36. The van der Waals surface area contributed by atoms with Crippen molar-refractivity contribution < 1.29 is 34.4 Å². The topological polar surface area (TPSA) is 129 Å². The average molecular weight is 388 g/mol. The van der Waals surface area contributed by atoms with Gasteiger partial charge < -0.3 is 35.0 Å². The molecule has 4 N–H and O–H groups in total. The predicted octanol–water partition coefficient (Wildman–Crippen LogP) is 1.44. The van der Waals surface area contributed by atoms with Crippen molar-refractivity contribution in [1.29, 1.82) is 0 Å². The minimum Gasteiger partial charge on any atom is -0.504 e. The van der Waals surface area contributed by atoms with Gasteiger partial charge in [0.15, 0.2) is 23.9 Å². The number of nitrogens with zero attached hydrogens (tertiary/aromatic N) is 1. The average Bonchev–Trinajstić information content (AvgIpc) is 2.71. The first kappa shape index (κ1) is 19.3. The summed E-state index contributed by atoms with van der Waals surface area (Å²) < 4.78 is 10.2. The molecule has 9 nitrogen and oxygen atoms in total. The summed E-state index contributed by atoms with van der Waals surface area (Å²) in [4.78, 5) is 26.1. The highest BCUT2D eigenvalue weighted by atomic mass is 16.5. The summed E-state index contributed by atoms with van der Waals surface area (Å²) in [6.45, 7) is 2.43. The van der Waals surface area contributed by atoms with E-state index in [0.717, 1.165) is 30.9 Å². The van der Waals surface area contributed by atoms with Gasteiger partial charge in [0.05, 0.1) is 18.8 Å². The summed E-state index contributed by atoms with van der Waals surface area (Å²) in [6, 6.07) is 9.13. The number of hydrogen-bond acceptors (Lipinski definition) is 8. The number of carbonyl (C=O) groups excluding carboxylic acids is 2. The molecule has 0 atom stereocenters. The minimum absolute atomic E-state index is 0.199. The van der Waals surface area contributed by atoms with Crippen LogP contribution in [-0.4, -0.2) is 60.1 Å². The normalized spacial score (nSPS) is 13.8. The van der Waals surface area contributed by atoms with Crippen molar-refractivity contribution in [3.05, 3.63) is 42.0 Å². The third kappa shape index (κ3) is 4.63. The van der Waals surface area contributed by atoms with Crippen molar-refractivity contribution in [2.75, 3.05) is 43.1 Å². The van der Waals surface area contributed by atoms with Gasteiger partial charge in [-0.1, -0.05) is 0 Å². The predicted molar refractivity (Wildman–Crippen MR) is 99.8 cm³/mol. The van der Waals surface area contributed by atoms with Crippen molar-refractivity contribution in [1.82, 2.24) is 0 Å². The number of amides is 1. The van der Waals surface area contributed by atoms with Crippen LogP contribution in [0.3, 0.4) is 0 Å². The van der Waals surface area contributed by atoms with Crippen molar-refractivity contribution in [2.45, 2.75) is 0 Å². The van der Waals surface area contributed by atoms with E-state index in [-0.39, 0.29) is 5.56 Å². The first-order valence-electron chi connectivity index (χ1n) is 8.58. The molecule has 0 radical (unpaired) electrons. The Balaban J connectivity index is 1.52. The molecule has 1 saturated heterocycles. The summed E-state index contributed by atoms with van der Waals surface area (Å²) in [6.07, 6.45) is 0. The maximum Gasteiger partial charge on any atom is 0.338 e. The van der Waals surface area contributed by atoms with E-state index >= 15 is 0 Å². The lowest BCUT2D eigenvalue weighted by atomic mass is 10.2. The molecule has 9 heteroatoms. The lowest BCUT2D eigenvalue weighted by Gasteiger charge is -2.28. The number of nitrogens with one attached hydrogen (secondary N) is 1. The largest absolute Gasteiger partial charge is 0.504 e. The molecule has 0 aliphatic carbocycles. The fraction of sp³-hybridized carbons (Fsp3) is 0.263. The molecular formula is C19H20N2O7. The number of esters is 1. The van der Waals surface area contributed by atoms with E-state index < -0.39 is 35.7 Å². The number of phenolic OH excluding ortho intramolecular Hbond substituents is 3. The molecule has 1 amide bonds. The highest BCUT2D eigenvalue weighted by molar-refractivity contribution is 5.96. The van der Waals surface area contributed by atoms with Gasteiger partial charge in [-0.3, -0.25) is 4.79 Å². The fourth-order valence-corrected chi connectivity index (χ4v) is 2.71. The summed E-state index contributed by atoms with van der Waals surface area (Å²) >= 11 is 0. The maximum atomic E-state index is 12.0. The van der Waals surface area contributed by atoms with E-state index in [4.69, 9.17) is 9.47 Å². The smallest absolute Gasteiger partial charge is 0.338 e. The molecule has 3 rings (SSSR count). The summed E-state index contributed by atoms with van der Waals surface area (Å²) in [5.41, 5.74) is 1.38. The van der Waals surface area contributed by atoms with Crippen LogP contribution >= 0.6 is 0 Å². The van der Waals surface area contributed by atoms with Crippen LogP contribution in [0.2, 0.25) is 0 Å². The van der Waals surface area contributed by atoms with Crippen molar-refractivity contribution in [3.8, 4) is 17.2 Å². The number of benzene rings is 2. The second-order valence-electron chi connectivity index (χ2n) is 6.13. The second-order valence-corrected chi connectivity index (χ2v) is 6.13. The minimum atomic E-state index is -0.927. The first-order valence-corrected chi connectivity index (χ1v) is 8.58. The molecule has 1 aliphatic heterocycles. The molecular weight excluding hydrogens is 368 g/mol. The Labute approximate surface area is 160 Å². The van der Waals surface area contributed by atoms with E-state index in [0.29, 0.717) is 18.9 Å². The second kappa shape index (κ2) is 8.49. The van der Waals surface area contributed by atoms with Crippen LogP contribution in [0.4, 0.5) is 11.4 Å². The molecule has 0 spiro atoms. The highest BCUT2D eigenvalue weighted by Crippen LogP contribution is 2.35. The standard InChI is InChI=1S/C19H20N2O7/c22-15-9-12(10-16(23)18(15)25)19(26)28-11-17(24)20-13-1-3-14(4-2-13)21-5-7-27-8-6-21/h1-4,9-10,22-23,25H,5-8,11H2,(H,20,24). The molecule has 1 aliphatic rings. The van der Waals surface area contributed by atoms with Gasteiger partial charge in [-0.05, 0) is 36.4 Å². The Morgan fingerprint density at radius 3 is 2.25 bits per heavy atom. The maximum absolute atomic E-state index is 12.0. The van der Waals surface area contributed by atoms with Gasteiger partial charge >= 0.3 is 5.97 Å². The van der Waals surface area contributed by atoms with Gasteiger partial charge in [-0.15, -0.1) is 0 Å². The molecule has 0 saturated carbocycles. The fourth-order valence-electron chi connectivity index (χ4n) is 2.71. The zero-order chi connectivity index (χ0) is 20.1. The Morgan fingerprint density at radius 2 is 1.64 bits per heavy atom. The molecule has 148 valence electrons. The highest BCUT2D eigenvalue weighted by Gasteiger charge is 2.16.